The fraction of sp³-hybridized carbons (Fsp3) is 0.435. The van der Waals surface area contributed by atoms with Crippen LogP contribution in [0.3, 0.4) is 0 Å². The Balaban J connectivity index is 1.46. The highest BCUT2D eigenvalue weighted by Crippen LogP contribution is 2.34. The van der Waals surface area contributed by atoms with Crippen molar-refractivity contribution in [1.29, 1.82) is 0 Å². The van der Waals surface area contributed by atoms with Crippen LogP contribution in [0.15, 0.2) is 36.4 Å². The van der Waals surface area contributed by atoms with Gasteiger partial charge in [0.1, 0.15) is 0 Å². The predicted octanol–water partition coefficient (Wildman–Crippen LogP) is 4.10. The van der Waals surface area contributed by atoms with Crippen LogP contribution < -0.4 is 10.2 Å². The normalized spacial score (nSPS) is 20.0. The maximum absolute atomic E-state index is 12.9. The third-order valence-corrected chi connectivity index (χ3v) is 7.27. The summed E-state index contributed by atoms with van der Waals surface area (Å²) < 4.78 is 1.18. The van der Waals surface area contributed by atoms with E-state index in [2.05, 4.69) is 82.0 Å². The minimum absolute atomic E-state index is 0.0502. The zero-order valence-electron chi connectivity index (χ0n) is 16.7. The lowest BCUT2D eigenvalue weighted by Gasteiger charge is -2.37. The molecule has 1 N–H and O–H groups in total. The fourth-order valence-electron chi connectivity index (χ4n) is 4.27. The largest absolute Gasteiger partial charge is 0.369 e. The number of likely N-dealkylation sites (N-methyl/N-ethyl adjacent to an activating group) is 1. The van der Waals surface area contributed by atoms with E-state index in [0.717, 1.165) is 51.1 Å². The highest BCUT2D eigenvalue weighted by Gasteiger charge is 2.28. The summed E-state index contributed by atoms with van der Waals surface area (Å²) in [6, 6.07) is 12.8. The van der Waals surface area contributed by atoms with Gasteiger partial charge in [-0.3, -0.25) is 4.79 Å². The molecule has 1 unspecified atom stereocenters. The van der Waals surface area contributed by atoms with Gasteiger partial charge in [0.2, 0.25) is 5.91 Å². The van der Waals surface area contributed by atoms with Gasteiger partial charge < -0.3 is 15.1 Å². The second-order valence-electron chi connectivity index (χ2n) is 8.10. The number of hydrogen-bond acceptors (Lipinski definition) is 3. The molecule has 1 atom stereocenters. The molecule has 1 amide bonds. The van der Waals surface area contributed by atoms with Crippen molar-refractivity contribution >= 4 is 39.9 Å². The molecule has 0 radical (unpaired) electrons. The molecule has 2 aliphatic rings. The third-order valence-electron chi connectivity index (χ3n) is 6.11. The van der Waals surface area contributed by atoms with E-state index >= 15 is 0 Å². The smallest absolute Gasteiger partial charge is 0.227 e. The van der Waals surface area contributed by atoms with E-state index in [4.69, 9.17) is 0 Å². The van der Waals surface area contributed by atoms with E-state index in [1.807, 2.05) is 6.07 Å². The van der Waals surface area contributed by atoms with Gasteiger partial charge in [-0.25, -0.2) is 0 Å². The van der Waals surface area contributed by atoms with Crippen molar-refractivity contribution in [3.8, 4) is 0 Å². The van der Waals surface area contributed by atoms with Crippen LogP contribution in [0.2, 0.25) is 0 Å². The van der Waals surface area contributed by atoms with Gasteiger partial charge in [-0.05, 0) is 90.7 Å². The lowest BCUT2D eigenvalue weighted by molar-refractivity contribution is -0.120. The predicted molar refractivity (Wildman–Crippen MR) is 124 cm³/mol. The summed E-state index contributed by atoms with van der Waals surface area (Å²) in [5.41, 5.74) is 6.33. The summed E-state index contributed by atoms with van der Waals surface area (Å²) in [4.78, 5) is 17.8. The van der Waals surface area contributed by atoms with Crippen molar-refractivity contribution in [2.24, 2.45) is 5.92 Å². The first-order valence-corrected chi connectivity index (χ1v) is 11.2. The van der Waals surface area contributed by atoms with Crippen LogP contribution >= 0.6 is 22.6 Å². The molecule has 4 rings (SSSR count). The van der Waals surface area contributed by atoms with Crippen molar-refractivity contribution in [2.75, 3.05) is 43.4 Å². The van der Waals surface area contributed by atoms with Gasteiger partial charge in [0.25, 0.3) is 0 Å². The Morgan fingerprint density at radius 2 is 1.93 bits per heavy atom. The van der Waals surface area contributed by atoms with Gasteiger partial charge in [-0.15, -0.1) is 0 Å². The van der Waals surface area contributed by atoms with Crippen LogP contribution in [0.4, 0.5) is 11.4 Å². The highest BCUT2D eigenvalue weighted by molar-refractivity contribution is 14.1. The van der Waals surface area contributed by atoms with E-state index in [1.165, 1.54) is 25.9 Å². The molecule has 5 heteroatoms. The van der Waals surface area contributed by atoms with E-state index in [1.54, 1.807) is 0 Å². The van der Waals surface area contributed by atoms with Gasteiger partial charge in [-0.2, -0.15) is 0 Å². The first-order valence-electron chi connectivity index (χ1n) is 10.1. The maximum atomic E-state index is 12.9. The zero-order chi connectivity index (χ0) is 19.7. The second-order valence-corrected chi connectivity index (χ2v) is 9.26. The molecule has 28 heavy (non-hydrogen) atoms. The molecule has 1 saturated heterocycles. The lowest BCUT2D eigenvalue weighted by atomic mass is 9.82. The van der Waals surface area contributed by atoms with Crippen LogP contribution in [0.1, 0.15) is 23.1 Å². The van der Waals surface area contributed by atoms with Crippen LogP contribution in [-0.4, -0.2) is 44.0 Å². The van der Waals surface area contributed by atoms with Crippen molar-refractivity contribution in [3.05, 3.63) is 56.7 Å². The maximum Gasteiger partial charge on any atom is 0.227 e. The second kappa shape index (κ2) is 8.41. The van der Waals surface area contributed by atoms with E-state index in [0.29, 0.717) is 0 Å². The fourth-order valence-corrected chi connectivity index (χ4v) is 4.78. The van der Waals surface area contributed by atoms with E-state index < -0.39 is 0 Å². The average Bonchev–Trinajstić information content (AvgIpc) is 2.70. The molecule has 148 valence electrons. The Bertz CT molecular complexity index is 874. The number of halogens is 1. The molecule has 1 aliphatic heterocycles. The van der Waals surface area contributed by atoms with Gasteiger partial charge in [-0.1, -0.05) is 18.2 Å². The Morgan fingerprint density at radius 3 is 2.68 bits per heavy atom. The summed E-state index contributed by atoms with van der Waals surface area (Å²) in [6.45, 7) is 6.49. The molecule has 1 fully saturated rings. The molecule has 2 aromatic carbocycles. The summed E-state index contributed by atoms with van der Waals surface area (Å²) in [5.74, 6) is 0.199. The summed E-state index contributed by atoms with van der Waals surface area (Å²) >= 11 is 2.32. The number of nitrogens with zero attached hydrogens (tertiary/aromatic N) is 2. The molecule has 2 aromatic rings. The first-order chi connectivity index (χ1) is 13.5. The van der Waals surface area contributed by atoms with Crippen LogP contribution in [0, 0.1) is 16.4 Å². The standard InChI is InChI=1S/C23H28IN3O/c1-16-6-8-19(15-21(16)24)25-23(28)18-7-9-20-17(14-18)4-3-5-22(20)27-12-10-26(2)11-13-27/h3-6,8,15,18H,7,9-14H2,1-2H3,(H,25,28). The number of aryl methyl sites for hydroxylation is 1. The number of carbonyl (C=O) groups excluding carboxylic acids is 1. The minimum Gasteiger partial charge on any atom is -0.369 e. The monoisotopic (exact) mass is 489 g/mol. The van der Waals surface area contributed by atoms with Crippen molar-refractivity contribution in [2.45, 2.75) is 26.2 Å². The molecule has 0 spiro atoms. The van der Waals surface area contributed by atoms with Gasteiger partial charge >= 0.3 is 0 Å². The van der Waals surface area contributed by atoms with Gasteiger partial charge in [0, 0.05) is 47.0 Å². The third kappa shape index (κ3) is 4.20. The number of rotatable bonds is 3. The summed E-state index contributed by atoms with van der Waals surface area (Å²) in [5, 5.41) is 3.13. The SMILES string of the molecule is Cc1ccc(NC(=O)C2CCc3c(cccc3N3CCN(C)CC3)C2)cc1I. The van der Waals surface area contributed by atoms with Crippen LogP contribution in [0.25, 0.3) is 0 Å². The van der Waals surface area contributed by atoms with Gasteiger partial charge in [0.15, 0.2) is 0 Å². The molecule has 0 aromatic heterocycles. The lowest BCUT2D eigenvalue weighted by Crippen LogP contribution is -2.45. The minimum atomic E-state index is 0.0502. The zero-order valence-corrected chi connectivity index (χ0v) is 18.8. The number of carbonyl (C=O) groups is 1. The Morgan fingerprint density at radius 1 is 1.14 bits per heavy atom. The van der Waals surface area contributed by atoms with E-state index in [-0.39, 0.29) is 11.8 Å². The topological polar surface area (TPSA) is 35.6 Å². The number of piperazine rings is 1. The van der Waals surface area contributed by atoms with Crippen LogP contribution in [0.5, 0.6) is 0 Å². The highest BCUT2D eigenvalue weighted by atomic mass is 127. The summed E-state index contributed by atoms with van der Waals surface area (Å²) in [7, 11) is 2.19. The number of amides is 1. The number of benzene rings is 2. The molecular formula is C23H28IN3O. The Kier molecular flexibility index (Phi) is 5.92. The Labute approximate surface area is 181 Å². The number of anilines is 2. The van der Waals surface area contributed by atoms with Crippen molar-refractivity contribution < 1.29 is 4.79 Å². The number of nitrogens with one attached hydrogen (secondary N) is 1. The average molecular weight is 489 g/mol. The summed E-state index contributed by atoms with van der Waals surface area (Å²) in [6.07, 6.45) is 2.75. The van der Waals surface area contributed by atoms with Crippen LogP contribution in [-0.2, 0) is 17.6 Å². The number of fused-ring (bicyclic) bond motifs is 1. The quantitative estimate of drug-likeness (QED) is 0.660. The molecule has 0 saturated carbocycles. The molecule has 1 heterocycles. The van der Waals surface area contributed by atoms with Crippen molar-refractivity contribution in [3.63, 3.8) is 0 Å². The molecule has 4 nitrogen and oxygen atoms in total. The van der Waals surface area contributed by atoms with Gasteiger partial charge in [0.05, 0.1) is 0 Å². The molecular weight excluding hydrogens is 461 g/mol. The van der Waals surface area contributed by atoms with Crippen molar-refractivity contribution in [1.82, 2.24) is 4.90 Å². The Hall–Kier alpha value is -1.60. The number of hydrogen-bond donors (Lipinski definition) is 1. The first kappa shape index (κ1) is 19.7. The molecule has 0 bridgehead atoms. The van der Waals surface area contributed by atoms with E-state index in [9.17, 15) is 4.79 Å². The molecule has 1 aliphatic carbocycles.